The van der Waals surface area contributed by atoms with Crippen LogP contribution in [0.4, 0.5) is 4.79 Å². The summed E-state index contributed by atoms with van der Waals surface area (Å²) in [5.41, 5.74) is 0. The zero-order valence-electron chi connectivity index (χ0n) is 11.0. The molecule has 1 fully saturated rings. The van der Waals surface area contributed by atoms with E-state index in [2.05, 4.69) is 11.2 Å². The number of urea groups is 1. The van der Waals surface area contributed by atoms with Crippen molar-refractivity contribution < 1.29 is 19.8 Å². The van der Waals surface area contributed by atoms with Crippen LogP contribution in [0.25, 0.3) is 0 Å². The van der Waals surface area contributed by atoms with E-state index in [-0.39, 0.29) is 12.5 Å². The third-order valence-electron chi connectivity index (χ3n) is 3.43. The van der Waals surface area contributed by atoms with Crippen LogP contribution in [0.15, 0.2) is 0 Å². The molecule has 0 heterocycles. The molecule has 6 nitrogen and oxygen atoms in total. The first-order valence-electron chi connectivity index (χ1n) is 6.35. The molecule has 0 aliphatic heterocycles. The number of amides is 2. The number of carbonyl (C=O) groups is 2. The first kappa shape index (κ1) is 15.3. The maximum atomic E-state index is 11.9. The van der Waals surface area contributed by atoms with Crippen molar-refractivity contribution in [2.45, 2.75) is 50.3 Å². The van der Waals surface area contributed by atoms with Crippen LogP contribution >= 0.6 is 0 Å². The number of aliphatic carboxylic acids is 1. The molecule has 3 unspecified atom stereocenters. The predicted molar refractivity (Wildman–Crippen MR) is 69.4 cm³/mol. The highest BCUT2D eigenvalue weighted by atomic mass is 16.4. The van der Waals surface area contributed by atoms with Gasteiger partial charge >= 0.3 is 12.0 Å². The summed E-state index contributed by atoms with van der Waals surface area (Å²) in [6.45, 7) is 0. The Balaban J connectivity index is 2.60. The van der Waals surface area contributed by atoms with Gasteiger partial charge in [0.15, 0.2) is 0 Å². The van der Waals surface area contributed by atoms with Gasteiger partial charge in [-0.05, 0) is 12.8 Å². The molecule has 0 radical (unpaired) electrons. The minimum atomic E-state index is -1.16. The number of carboxylic acids is 1. The van der Waals surface area contributed by atoms with Crippen molar-refractivity contribution in [2.75, 3.05) is 7.05 Å². The fourth-order valence-electron chi connectivity index (χ4n) is 2.26. The van der Waals surface area contributed by atoms with E-state index in [1.807, 2.05) is 0 Å². The second-order valence-corrected chi connectivity index (χ2v) is 4.78. The molecule has 2 amide bonds. The van der Waals surface area contributed by atoms with E-state index in [9.17, 15) is 14.7 Å². The molecular weight excluding hydrogens is 248 g/mol. The first-order valence-corrected chi connectivity index (χ1v) is 6.35. The van der Waals surface area contributed by atoms with Gasteiger partial charge in [0.2, 0.25) is 0 Å². The van der Waals surface area contributed by atoms with Gasteiger partial charge in [-0.2, -0.15) is 0 Å². The highest BCUT2D eigenvalue weighted by molar-refractivity contribution is 5.82. The molecule has 1 aliphatic rings. The van der Waals surface area contributed by atoms with E-state index >= 15 is 0 Å². The van der Waals surface area contributed by atoms with Gasteiger partial charge in [0.1, 0.15) is 6.04 Å². The van der Waals surface area contributed by atoms with E-state index in [0.29, 0.717) is 6.42 Å². The number of hydrogen-bond acceptors (Lipinski definition) is 3. The molecule has 0 aromatic heterocycles. The van der Waals surface area contributed by atoms with Gasteiger partial charge in [-0.3, -0.25) is 0 Å². The third kappa shape index (κ3) is 4.14. The molecule has 0 aromatic rings. The fraction of sp³-hybridized carbons (Fsp3) is 0.692. The van der Waals surface area contributed by atoms with Crippen LogP contribution in [0.3, 0.4) is 0 Å². The second kappa shape index (κ2) is 7.00. The number of nitrogens with one attached hydrogen (secondary N) is 1. The van der Waals surface area contributed by atoms with Gasteiger partial charge < -0.3 is 20.4 Å². The molecule has 0 aromatic carbocycles. The number of hydrogen-bond donors (Lipinski definition) is 3. The van der Waals surface area contributed by atoms with Crippen molar-refractivity contribution in [1.82, 2.24) is 10.2 Å². The summed E-state index contributed by atoms with van der Waals surface area (Å²) in [6.07, 6.45) is 7.72. The minimum Gasteiger partial charge on any atom is -0.480 e. The molecule has 19 heavy (non-hydrogen) atoms. The zero-order valence-corrected chi connectivity index (χ0v) is 11.0. The average molecular weight is 268 g/mol. The Morgan fingerprint density at radius 2 is 2.11 bits per heavy atom. The monoisotopic (exact) mass is 268 g/mol. The number of aliphatic hydroxyl groups excluding tert-OH is 1. The van der Waals surface area contributed by atoms with Crippen LogP contribution in [0.2, 0.25) is 0 Å². The molecule has 3 atom stereocenters. The Labute approximate surface area is 112 Å². The summed E-state index contributed by atoms with van der Waals surface area (Å²) in [5, 5.41) is 21.2. The fourth-order valence-corrected chi connectivity index (χ4v) is 2.26. The molecule has 1 rings (SSSR count). The molecule has 0 bridgehead atoms. The first-order chi connectivity index (χ1) is 8.97. The minimum absolute atomic E-state index is 0.0673. The van der Waals surface area contributed by atoms with Gasteiger partial charge in [-0.15, -0.1) is 12.3 Å². The summed E-state index contributed by atoms with van der Waals surface area (Å²) in [4.78, 5) is 24.2. The van der Waals surface area contributed by atoms with E-state index in [0.717, 1.165) is 19.3 Å². The Kier molecular flexibility index (Phi) is 5.64. The lowest BCUT2D eigenvalue weighted by Crippen LogP contribution is -2.53. The van der Waals surface area contributed by atoms with Gasteiger partial charge in [0.05, 0.1) is 12.1 Å². The van der Waals surface area contributed by atoms with Crippen molar-refractivity contribution in [1.29, 1.82) is 0 Å². The molecule has 0 saturated heterocycles. The van der Waals surface area contributed by atoms with Crippen LogP contribution in [0.5, 0.6) is 0 Å². The summed E-state index contributed by atoms with van der Waals surface area (Å²) >= 11 is 0. The Morgan fingerprint density at radius 3 is 2.63 bits per heavy atom. The van der Waals surface area contributed by atoms with Crippen molar-refractivity contribution in [2.24, 2.45) is 0 Å². The van der Waals surface area contributed by atoms with Gasteiger partial charge in [0.25, 0.3) is 0 Å². The Bertz CT molecular complexity index is 377. The molecule has 6 heteroatoms. The molecule has 1 aliphatic carbocycles. The average Bonchev–Trinajstić information content (AvgIpc) is 2.37. The van der Waals surface area contributed by atoms with Crippen LogP contribution in [-0.2, 0) is 4.79 Å². The zero-order chi connectivity index (χ0) is 14.4. The lowest BCUT2D eigenvalue weighted by molar-refractivity contribution is -0.139. The Hall–Kier alpha value is -1.74. The summed E-state index contributed by atoms with van der Waals surface area (Å²) in [7, 11) is 1.56. The third-order valence-corrected chi connectivity index (χ3v) is 3.43. The largest absolute Gasteiger partial charge is 0.480 e. The van der Waals surface area contributed by atoms with Gasteiger partial charge in [0, 0.05) is 13.5 Å². The quantitative estimate of drug-likeness (QED) is 0.644. The number of rotatable bonds is 4. The van der Waals surface area contributed by atoms with Crippen LogP contribution in [0, 0.1) is 12.3 Å². The molecule has 1 saturated carbocycles. The maximum Gasteiger partial charge on any atom is 0.327 e. The number of carboxylic acid groups (broad SMARTS) is 1. The number of terminal acetylenes is 1. The van der Waals surface area contributed by atoms with E-state index in [1.54, 1.807) is 7.05 Å². The lowest BCUT2D eigenvalue weighted by atomic mass is 9.92. The highest BCUT2D eigenvalue weighted by Crippen LogP contribution is 2.22. The predicted octanol–water partition coefficient (Wildman–Crippen LogP) is 0.408. The van der Waals surface area contributed by atoms with Crippen molar-refractivity contribution in [3.8, 4) is 12.3 Å². The SMILES string of the molecule is C#CCC(NC(=O)N(C)C1CCCCC1O)C(=O)O. The molecule has 3 N–H and O–H groups in total. The van der Waals surface area contributed by atoms with Crippen molar-refractivity contribution in [3.63, 3.8) is 0 Å². The number of aliphatic hydroxyl groups is 1. The van der Waals surface area contributed by atoms with E-state index in [1.165, 1.54) is 4.90 Å². The summed E-state index contributed by atoms with van der Waals surface area (Å²) in [5.74, 6) is 1.06. The summed E-state index contributed by atoms with van der Waals surface area (Å²) < 4.78 is 0. The number of nitrogens with zero attached hydrogens (tertiary/aromatic N) is 1. The number of likely N-dealkylation sites (N-methyl/N-ethyl adjacent to an activating group) is 1. The van der Waals surface area contributed by atoms with Crippen LogP contribution in [-0.4, -0.2) is 52.3 Å². The molecular formula is C13H20N2O4. The van der Waals surface area contributed by atoms with Gasteiger partial charge in [-0.25, -0.2) is 9.59 Å². The van der Waals surface area contributed by atoms with Gasteiger partial charge in [-0.1, -0.05) is 12.8 Å². The van der Waals surface area contributed by atoms with E-state index in [4.69, 9.17) is 11.5 Å². The molecule has 0 spiro atoms. The van der Waals surface area contributed by atoms with Crippen molar-refractivity contribution >= 4 is 12.0 Å². The maximum absolute atomic E-state index is 11.9. The highest BCUT2D eigenvalue weighted by Gasteiger charge is 2.31. The number of carbonyl (C=O) groups excluding carboxylic acids is 1. The smallest absolute Gasteiger partial charge is 0.327 e. The normalized spacial score (nSPS) is 24.1. The summed E-state index contributed by atoms with van der Waals surface area (Å²) in [6, 6.07) is -1.89. The van der Waals surface area contributed by atoms with Crippen molar-refractivity contribution in [3.05, 3.63) is 0 Å². The Morgan fingerprint density at radius 1 is 1.47 bits per heavy atom. The van der Waals surface area contributed by atoms with Crippen LogP contribution < -0.4 is 5.32 Å². The second-order valence-electron chi connectivity index (χ2n) is 4.78. The topological polar surface area (TPSA) is 89.9 Å². The standard InChI is InChI=1S/C13H20N2O4/c1-3-6-9(12(17)18)14-13(19)15(2)10-7-4-5-8-11(10)16/h1,9-11,16H,4-8H2,2H3,(H,14,19)(H,17,18). The molecule has 106 valence electrons. The van der Waals surface area contributed by atoms with Crippen LogP contribution in [0.1, 0.15) is 32.1 Å². The lowest BCUT2D eigenvalue weighted by Gasteiger charge is -2.35. The van der Waals surface area contributed by atoms with E-state index < -0.39 is 24.1 Å².